The van der Waals surface area contributed by atoms with Gasteiger partial charge < -0.3 is 22.1 Å². The normalized spacial score (nSPS) is 14.0. The van der Waals surface area contributed by atoms with E-state index < -0.39 is 13.2 Å². The Morgan fingerprint density at radius 2 is 1.62 bits per heavy atom. The maximum Gasteiger partial charge on any atom is 0.0844 e. The molecule has 0 rings (SSSR count). The summed E-state index contributed by atoms with van der Waals surface area (Å²) in [5.74, 6) is 0. The molecule has 0 aromatic heterocycles. The van der Waals surface area contributed by atoms with Crippen molar-refractivity contribution in [3.05, 3.63) is 0 Å². The average molecular weight is 253 g/mol. The first-order valence-electron chi connectivity index (χ1n) is 3.85. The molecule has 77 valence electrons. The van der Waals surface area contributed by atoms with Gasteiger partial charge >= 0.3 is 0 Å². The maximum atomic E-state index is 11.3. The van der Waals surface area contributed by atoms with E-state index >= 15 is 0 Å². The molecule has 0 aliphatic carbocycles. The first-order valence-corrected chi connectivity index (χ1v) is 6.63. The van der Waals surface area contributed by atoms with Gasteiger partial charge in [-0.15, -0.1) is 0 Å². The molecule has 0 aromatic carbocycles. The summed E-state index contributed by atoms with van der Waals surface area (Å²) in [5, 5.41) is 9.55. The summed E-state index contributed by atoms with van der Waals surface area (Å²) in [6, 6.07) is 0. The minimum Gasteiger partial charge on any atom is -1.00 e. The van der Waals surface area contributed by atoms with E-state index in [1.54, 1.807) is 13.3 Å². The second-order valence-electron chi connectivity index (χ2n) is 4.64. The van der Waals surface area contributed by atoms with Crippen LogP contribution in [0.2, 0.25) is 0 Å². The molecule has 0 saturated heterocycles. The molecule has 0 bridgehead atoms. The van der Waals surface area contributed by atoms with E-state index in [-0.39, 0.29) is 69.2 Å². The van der Waals surface area contributed by atoms with Crippen LogP contribution in [0.5, 0.6) is 0 Å². The first kappa shape index (κ1) is 20.5. The van der Waals surface area contributed by atoms with Gasteiger partial charge in [0, 0.05) is 57.5 Å². The van der Waals surface area contributed by atoms with E-state index in [0.29, 0.717) is 6.16 Å². The predicted molar refractivity (Wildman–Crippen MR) is 55.5 cm³/mol. The van der Waals surface area contributed by atoms with Gasteiger partial charge in [0.15, 0.2) is 0 Å². The Hall–Kier alpha value is 2.12. The van der Waals surface area contributed by atoms with Crippen LogP contribution in [0, 0.1) is 5.41 Å². The summed E-state index contributed by atoms with van der Waals surface area (Å²) in [5.41, 5.74) is -0.151. The minimum absolute atomic E-state index is 0. The summed E-state index contributed by atoms with van der Waals surface area (Å²) >= 11 is 0. The van der Waals surface area contributed by atoms with Crippen LogP contribution in [-0.2, 0) is 4.57 Å². The van der Waals surface area contributed by atoms with E-state index in [0.717, 1.165) is 0 Å². The van der Waals surface area contributed by atoms with E-state index in [2.05, 4.69) is 0 Å². The van der Waals surface area contributed by atoms with Gasteiger partial charge in [-0.1, -0.05) is 20.8 Å². The molecular formula is C8H19ClKO2P-. The minimum atomic E-state index is -2.07. The Labute approximate surface area is 130 Å². The third kappa shape index (κ3) is 12.0. The van der Waals surface area contributed by atoms with Crippen LogP contribution in [0.15, 0.2) is 0 Å². The third-order valence-electron chi connectivity index (χ3n) is 1.61. The summed E-state index contributed by atoms with van der Waals surface area (Å²) < 4.78 is 11.3. The number of aliphatic hydroxyl groups is 1. The summed E-state index contributed by atoms with van der Waals surface area (Å²) in [6.07, 6.45) is -0.0282. The van der Waals surface area contributed by atoms with E-state index in [1.807, 2.05) is 20.8 Å². The zero-order valence-electron chi connectivity index (χ0n) is 9.47. The Morgan fingerprint density at radius 1 is 1.31 bits per heavy atom. The standard InChI is InChI=1S/C8H19O2P.ClH.K/c1-8(2,3)7(9)6-11(4,5)10;;/h7,9H,6H2,1-5H3;1H;/p-1. The fourth-order valence-corrected chi connectivity index (χ4v) is 2.07. The molecule has 0 saturated carbocycles. The summed E-state index contributed by atoms with van der Waals surface area (Å²) in [6.45, 7) is 9.28. The van der Waals surface area contributed by atoms with Gasteiger partial charge in [0.2, 0.25) is 0 Å². The molecule has 0 aliphatic heterocycles. The van der Waals surface area contributed by atoms with Crippen molar-refractivity contribution in [2.45, 2.75) is 26.9 Å². The monoisotopic (exact) mass is 252 g/mol. The Kier molecular flexibility index (Phi) is 11.7. The van der Waals surface area contributed by atoms with Crippen molar-refractivity contribution in [1.29, 1.82) is 0 Å². The van der Waals surface area contributed by atoms with E-state index in [9.17, 15) is 9.67 Å². The zero-order chi connectivity index (χ0) is 9.28. The molecule has 1 N–H and O–H groups in total. The molecular weight excluding hydrogens is 234 g/mol. The van der Waals surface area contributed by atoms with Crippen LogP contribution < -0.4 is 12.4 Å². The van der Waals surface area contributed by atoms with Gasteiger partial charge in [-0.05, 0) is 18.7 Å². The Bertz CT molecular complexity index is 173. The molecule has 0 aromatic rings. The summed E-state index contributed by atoms with van der Waals surface area (Å²) in [4.78, 5) is 0. The second-order valence-corrected chi connectivity index (χ2v) is 8.15. The van der Waals surface area contributed by atoms with Gasteiger partial charge in [0.25, 0.3) is 0 Å². The first-order chi connectivity index (χ1) is 4.63. The Morgan fingerprint density at radius 3 is 1.69 bits per heavy atom. The fourth-order valence-electron chi connectivity index (χ4n) is 0.690. The number of halogens is 1. The zero-order valence-corrected chi connectivity index (χ0v) is 14.2. The van der Waals surface area contributed by atoms with Gasteiger partial charge in [-0.3, -0.25) is 0 Å². The van der Waals surface area contributed by atoms with Gasteiger partial charge in [-0.2, -0.15) is 0 Å². The van der Waals surface area contributed by atoms with E-state index in [1.165, 1.54) is 0 Å². The van der Waals surface area contributed by atoms with Crippen molar-refractivity contribution in [2.75, 3.05) is 19.5 Å². The van der Waals surface area contributed by atoms with E-state index in [4.69, 9.17) is 0 Å². The predicted octanol–water partition coefficient (Wildman–Crippen LogP) is -1.36. The maximum absolute atomic E-state index is 11.3. The van der Waals surface area contributed by atoms with Crippen molar-refractivity contribution in [3.63, 3.8) is 0 Å². The van der Waals surface area contributed by atoms with Crippen LogP contribution in [0.1, 0.15) is 20.8 Å². The molecule has 2 nitrogen and oxygen atoms in total. The van der Waals surface area contributed by atoms with Crippen molar-refractivity contribution in [3.8, 4) is 0 Å². The van der Waals surface area contributed by atoms with Crippen molar-refractivity contribution >= 4 is 58.5 Å². The van der Waals surface area contributed by atoms with Crippen LogP contribution in [0.4, 0.5) is 0 Å². The number of aliphatic hydroxyl groups excluding tert-OH is 1. The van der Waals surface area contributed by atoms with Crippen molar-refractivity contribution in [1.82, 2.24) is 0 Å². The van der Waals surface area contributed by atoms with Crippen LogP contribution in [0.3, 0.4) is 0 Å². The number of hydrogen-bond acceptors (Lipinski definition) is 2. The quantitative estimate of drug-likeness (QED) is 0.487. The molecule has 1 unspecified atom stereocenters. The van der Waals surface area contributed by atoms with Crippen molar-refractivity contribution < 1.29 is 22.1 Å². The molecule has 0 amide bonds. The topological polar surface area (TPSA) is 37.3 Å². The molecule has 0 fully saturated rings. The van der Waals surface area contributed by atoms with Gasteiger partial charge in [0.05, 0.1) is 13.2 Å². The number of rotatable bonds is 2. The molecule has 0 aliphatic rings. The largest absolute Gasteiger partial charge is 1.00 e. The van der Waals surface area contributed by atoms with Crippen LogP contribution in [0.25, 0.3) is 0 Å². The fraction of sp³-hybridized carbons (Fsp3) is 1.00. The molecule has 0 spiro atoms. The number of hydrogen-bond donors (Lipinski definition) is 1. The second kappa shape index (κ2) is 7.40. The van der Waals surface area contributed by atoms with Gasteiger partial charge in [0.1, 0.15) is 0 Å². The molecule has 13 heavy (non-hydrogen) atoms. The Balaban J connectivity index is -0.000000500. The van der Waals surface area contributed by atoms with Crippen molar-refractivity contribution in [2.24, 2.45) is 5.41 Å². The smallest absolute Gasteiger partial charge is 0.0844 e. The third-order valence-corrected chi connectivity index (χ3v) is 2.84. The molecule has 1 radical (unpaired) electrons. The molecule has 0 heterocycles. The average Bonchev–Trinajstić information content (AvgIpc) is 1.56. The van der Waals surface area contributed by atoms with Gasteiger partial charge in [-0.25, -0.2) is 0 Å². The SMILES string of the molecule is CC(C)(C)C(O)CP(C)(C)=O.[Cl-].[K]. The summed E-state index contributed by atoms with van der Waals surface area (Å²) in [7, 11) is -2.07. The van der Waals surface area contributed by atoms with Crippen LogP contribution in [-0.4, -0.2) is 82.1 Å². The van der Waals surface area contributed by atoms with Crippen LogP contribution >= 0.6 is 7.14 Å². The molecule has 5 heteroatoms. The molecule has 1 atom stereocenters.